The zero-order valence-electron chi connectivity index (χ0n) is 32.2. The van der Waals surface area contributed by atoms with Crippen molar-refractivity contribution in [3.63, 3.8) is 0 Å². The van der Waals surface area contributed by atoms with E-state index in [2.05, 4.69) is 107 Å². The number of pyridine rings is 1. The second kappa shape index (κ2) is 18.0. The summed E-state index contributed by atoms with van der Waals surface area (Å²) in [6.45, 7) is 19.4. The number of carbonyl (C=O) groups excluding carboxylic acids is 1. The summed E-state index contributed by atoms with van der Waals surface area (Å²) in [5, 5.41) is 15.5. The zero-order valence-corrected chi connectivity index (χ0v) is 35.4. The van der Waals surface area contributed by atoms with E-state index < -0.39 is 0 Å². The number of ketones is 1. The molecule has 0 spiro atoms. The first-order valence-electron chi connectivity index (χ1n) is 18.7. The Bertz CT molecular complexity index is 2140. The van der Waals surface area contributed by atoms with Crippen molar-refractivity contribution in [2.24, 2.45) is 17.8 Å². The predicted molar refractivity (Wildman–Crippen MR) is 218 cm³/mol. The summed E-state index contributed by atoms with van der Waals surface area (Å²) in [7, 11) is 0. The third-order valence-corrected chi connectivity index (χ3v) is 10.9. The number of thiophene rings is 1. The van der Waals surface area contributed by atoms with E-state index in [0.29, 0.717) is 5.92 Å². The topological polar surface area (TPSA) is 63.3 Å². The van der Waals surface area contributed by atoms with Crippen molar-refractivity contribution in [1.82, 2.24) is 4.98 Å². The van der Waals surface area contributed by atoms with E-state index in [-0.39, 0.29) is 48.9 Å². The maximum atomic E-state index is 11.7. The van der Waals surface area contributed by atoms with Crippen molar-refractivity contribution in [1.29, 1.82) is 0 Å². The molecule has 0 bridgehead atoms. The Balaban J connectivity index is 0.000000323. The number of aromatic nitrogens is 1. The van der Waals surface area contributed by atoms with Gasteiger partial charge < -0.3 is 9.52 Å². The number of aliphatic hydroxyl groups excluding tert-OH is 1. The number of benzene rings is 3. The van der Waals surface area contributed by atoms with Crippen LogP contribution in [0.25, 0.3) is 54.3 Å². The standard InChI is InChI=1S/C33H30NOS.C13H24O2.Ir/c1-20(2)14-24-19-35-31-17-22(10-11-26(24)31)27-18-30(34-29-12-13-36-32(27)29)23-15-21-8-6-7-9-25(21)28(16-23)33(3,4)5;1-5-10(6-2)12(14)9-13(15)11(7-3)8-4;/h6-13,16-20H,14H2,1-5H3;9-11,14H,5-8H2,1-4H3;/q-1;;/b;12-9-;. The summed E-state index contributed by atoms with van der Waals surface area (Å²) >= 11 is 1.74. The first-order chi connectivity index (χ1) is 24.4. The largest absolute Gasteiger partial charge is 0.512 e. The number of nitrogens with zero attached hydrogens (tertiary/aromatic N) is 1. The van der Waals surface area contributed by atoms with Gasteiger partial charge in [0.2, 0.25) is 0 Å². The molecule has 3 aromatic carbocycles. The molecule has 1 N–H and O–H groups in total. The van der Waals surface area contributed by atoms with Crippen molar-refractivity contribution in [2.75, 3.05) is 0 Å². The molecule has 52 heavy (non-hydrogen) atoms. The molecule has 0 aliphatic rings. The van der Waals surface area contributed by atoms with Crippen LogP contribution in [0.1, 0.15) is 99.1 Å². The predicted octanol–water partition coefficient (Wildman–Crippen LogP) is 13.7. The van der Waals surface area contributed by atoms with E-state index in [9.17, 15) is 9.90 Å². The van der Waals surface area contributed by atoms with Crippen molar-refractivity contribution >= 4 is 49.1 Å². The zero-order chi connectivity index (χ0) is 36.9. The number of carbonyl (C=O) groups is 1. The maximum absolute atomic E-state index is 11.7. The smallest absolute Gasteiger partial charge is 0.162 e. The second-order valence-electron chi connectivity index (χ2n) is 15.2. The summed E-state index contributed by atoms with van der Waals surface area (Å²) in [6.07, 6.45) is 7.85. The number of furan rings is 1. The first-order valence-corrected chi connectivity index (χ1v) is 19.5. The van der Waals surface area contributed by atoms with Crippen LogP contribution in [0.15, 0.2) is 88.6 Å². The SMILES string of the molecule is CC(C)Cc1coc2cc(-c3cc(-c4[c-]c5ccccc5c(C(C)(C)C)c4)nc4ccsc34)ccc12.CCC(CC)C(=O)/C=C(\O)C(CC)CC.[Ir]. The van der Waals surface area contributed by atoms with Gasteiger partial charge in [0.1, 0.15) is 5.58 Å². The van der Waals surface area contributed by atoms with Gasteiger partial charge in [-0.05, 0) is 77.6 Å². The van der Waals surface area contributed by atoms with Gasteiger partial charge in [0, 0.05) is 49.1 Å². The summed E-state index contributed by atoms with van der Waals surface area (Å²) in [4.78, 5) is 16.8. The second-order valence-corrected chi connectivity index (χ2v) is 16.1. The molecule has 6 heteroatoms. The Morgan fingerprint density at radius 1 is 0.923 bits per heavy atom. The number of fused-ring (bicyclic) bond motifs is 3. The third kappa shape index (κ3) is 9.31. The summed E-state index contributed by atoms with van der Waals surface area (Å²) < 4.78 is 7.20. The minimum Gasteiger partial charge on any atom is -0.512 e. The van der Waals surface area contributed by atoms with Gasteiger partial charge in [0.15, 0.2) is 5.78 Å². The van der Waals surface area contributed by atoms with Crippen molar-refractivity contribution in [3.05, 3.63) is 101 Å². The fraction of sp³-hybridized carbons (Fsp3) is 0.391. The van der Waals surface area contributed by atoms with Gasteiger partial charge in [-0.15, -0.1) is 40.5 Å². The fourth-order valence-corrected chi connectivity index (χ4v) is 7.80. The van der Waals surface area contributed by atoms with Crippen LogP contribution >= 0.6 is 11.3 Å². The average molecular weight is 893 g/mol. The van der Waals surface area contributed by atoms with Gasteiger partial charge in [0.25, 0.3) is 0 Å². The van der Waals surface area contributed by atoms with Crippen LogP contribution in [0.4, 0.5) is 0 Å². The quantitative estimate of drug-likeness (QED) is 0.0800. The molecule has 3 aromatic heterocycles. The van der Waals surface area contributed by atoms with Crippen LogP contribution in [0.2, 0.25) is 0 Å². The first kappa shape index (κ1) is 41.2. The average Bonchev–Trinajstić information content (AvgIpc) is 3.75. The molecule has 0 aliphatic heterocycles. The summed E-state index contributed by atoms with van der Waals surface area (Å²) in [5.41, 5.74) is 8.90. The van der Waals surface area contributed by atoms with Gasteiger partial charge in [0.05, 0.1) is 22.2 Å². The Hall–Kier alpha value is -3.57. The summed E-state index contributed by atoms with van der Waals surface area (Å²) in [6, 6.07) is 25.5. The molecular formula is C46H54IrNO3S-. The Morgan fingerprint density at radius 2 is 1.62 bits per heavy atom. The van der Waals surface area contributed by atoms with Crippen LogP contribution < -0.4 is 0 Å². The molecule has 0 saturated carbocycles. The number of rotatable bonds is 11. The molecule has 0 aliphatic carbocycles. The molecule has 0 saturated heterocycles. The van der Waals surface area contributed by atoms with Crippen LogP contribution in [0, 0.1) is 23.8 Å². The molecule has 3 heterocycles. The van der Waals surface area contributed by atoms with E-state index in [0.717, 1.165) is 65.4 Å². The molecule has 6 rings (SSSR count). The number of hydrogen-bond acceptors (Lipinski definition) is 5. The maximum Gasteiger partial charge on any atom is 0.162 e. The Labute approximate surface area is 328 Å². The number of hydrogen-bond donors (Lipinski definition) is 1. The molecule has 4 nitrogen and oxygen atoms in total. The fourth-order valence-electron chi connectivity index (χ4n) is 6.93. The number of aliphatic hydroxyl groups is 1. The molecule has 0 fully saturated rings. The van der Waals surface area contributed by atoms with E-state index >= 15 is 0 Å². The third-order valence-electron chi connectivity index (χ3n) is 9.95. The van der Waals surface area contributed by atoms with Gasteiger partial charge in [-0.1, -0.05) is 110 Å². The molecule has 0 unspecified atom stereocenters. The molecule has 0 amide bonds. The molecule has 1 radical (unpaired) electrons. The molecule has 277 valence electrons. The van der Waals surface area contributed by atoms with Crippen LogP contribution in [-0.4, -0.2) is 15.9 Å². The van der Waals surface area contributed by atoms with Crippen LogP contribution in [-0.2, 0) is 36.7 Å². The molecular weight excluding hydrogens is 839 g/mol. The van der Waals surface area contributed by atoms with Crippen molar-refractivity contribution in [2.45, 2.75) is 99.8 Å². The Morgan fingerprint density at radius 3 is 2.27 bits per heavy atom. The van der Waals surface area contributed by atoms with Gasteiger partial charge in [-0.3, -0.25) is 9.78 Å². The van der Waals surface area contributed by atoms with E-state index in [1.54, 1.807) is 11.3 Å². The van der Waals surface area contributed by atoms with Gasteiger partial charge in [-0.2, -0.15) is 0 Å². The van der Waals surface area contributed by atoms with E-state index in [1.165, 1.54) is 38.2 Å². The molecule has 6 aromatic rings. The van der Waals surface area contributed by atoms with E-state index in [1.807, 2.05) is 34.0 Å². The van der Waals surface area contributed by atoms with Crippen LogP contribution in [0.3, 0.4) is 0 Å². The minimum absolute atomic E-state index is 0. The summed E-state index contributed by atoms with van der Waals surface area (Å²) in [5.74, 6) is 1.14. The van der Waals surface area contributed by atoms with Gasteiger partial charge >= 0.3 is 0 Å². The van der Waals surface area contributed by atoms with E-state index in [4.69, 9.17) is 9.40 Å². The van der Waals surface area contributed by atoms with Gasteiger partial charge in [-0.25, -0.2) is 0 Å². The Kier molecular flexibility index (Phi) is 14.2. The minimum atomic E-state index is 0. The normalized spacial score (nSPS) is 12.2. The number of allylic oxidation sites excluding steroid dienone is 2. The van der Waals surface area contributed by atoms with Crippen molar-refractivity contribution < 1.29 is 34.4 Å². The monoisotopic (exact) mass is 893 g/mol. The van der Waals surface area contributed by atoms with Crippen LogP contribution in [0.5, 0.6) is 0 Å². The van der Waals surface area contributed by atoms with Crippen molar-refractivity contribution in [3.8, 4) is 22.4 Å². The molecule has 0 atom stereocenters.